The molecule has 1 aromatic rings. The SMILES string of the molecule is CC(C)(CCBr)NC(=O)c1ccc(Cl)cc1O. The molecule has 0 saturated carbocycles. The number of nitrogens with one attached hydrogen (secondary N) is 1. The zero-order valence-electron chi connectivity index (χ0n) is 9.76. The molecule has 0 radical (unpaired) electrons. The van der Waals surface area contributed by atoms with Gasteiger partial charge in [0, 0.05) is 15.9 Å². The van der Waals surface area contributed by atoms with Crippen molar-refractivity contribution in [2.45, 2.75) is 25.8 Å². The van der Waals surface area contributed by atoms with Gasteiger partial charge in [0.15, 0.2) is 0 Å². The summed E-state index contributed by atoms with van der Waals surface area (Å²) in [6, 6.07) is 4.44. The summed E-state index contributed by atoms with van der Waals surface area (Å²) in [7, 11) is 0. The monoisotopic (exact) mass is 319 g/mol. The zero-order valence-corrected chi connectivity index (χ0v) is 12.1. The number of carbonyl (C=O) groups is 1. The number of benzene rings is 1. The molecule has 1 aromatic carbocycles. The number of phenolic OH excluding ortho intramolecular Hbond substituents is 1. The maximum Gasteiger partial charge on any atom is 0.255 e. The lowest BCUT2D eigenvalue weighted by Crippen LogP contribution is -2.43. The Hall–Kier alpha value is -0.740. The number of alkyl halides is 1. The van der Waals surface area contributed by atoms with Gasteiger partial charge in [0.2, 0.25) is 0 Å². The first-order valence-electron chi connectivity index (χ1n) is 5.23. The lowest BCUT2D eigenvalue weighted by molar-refractivity contribution is 0.0909. The molecular formula is C12H15BrClNO2. The van der Waals surface area contributed by atoms with Crippen molar-refractivity contribution in [1.29, 1.82) is 0 Å². The number of aromatic hydroxyl groups is 1. The Morgan fingerprint density at radius 3 is 2.71 bits per heavy atom. The first-order valence-corrected chi connectivity index (χ1v) is 6.72. The van der Waals surface area contributed by atoms with Crippen LogP contribution in [0.3, 0.4) is 0 Å². The second kappa shape index (κ2) is 5.74. The first-order chi connectivity index (χ1) is 7.85. The number of carbonyl (C=O) groups excluding carboxylic acids is 1. The number of hydrogen-bond acceptors (Lipinski definition) is 2. The van der Waals surface area contributed by atoms with Gasteiger partial charge in [-0.2, -0.15) is 0 Å². The third-order valence-corrected chi connectivity index (χ3v) is 3.01. The second-order valence-corrected chi connectivity index (χ2v) is 5.67. The molecule has 0 aliphatic carbocycles. The van der Waals surface area contributed by atoms with E-state index in [-0.39, 0.29) is 22.8 Å². The molecule has 17 heavy (non-hydrogen) atoms. The van der Waals surface area contributed by atoms with Crippen molar-refractivity contribution in [1.82, 2.24) is 5.32 Å². The van der Waals surface area contributed by atoms with Gasteiger partial charge in [-0.05, 0) is 38.5 Å². The zero-order chi connectivity index (χ0) is 13.1. The maximum absolute atomic E-state index is 11.9. The molecule has 0 bridgehead atoms. The number of hydrogen-bond donors (Lipinski definition) is 2. The molecule has 94 valence electrons. The molecule has 0 aromatic heterocycles. The molecule has 0 saturated heterocycles. The highest BCUT2D eigenvalue weighted by molar-refractivity contribution is 9.09. The van der Waals surface area contributed by atoms with Gasteiger partial charge in [0.25, 0.3) is 5.91 Å². The molecule has 1 amide bonds. The molecule has 0 aliphatic heterocycles. The molecule has 3 nitrogen and oxygen atoms in total. The van der Waals surface area contributed by atoms with Crippen LogP contribution in [0.4, 0.5) is 0 Å². The van der Waals surface area contributed by atoms with Gasteiger partial charge in [-0.3, -0.25) is 4.79 Å². The van der Waals surface area contributed by atoms with Crippen molar-refractivity contribution >= 4 is 33.4 Å². The Balaban J connectivity index is 2.83. The maximum atomic E-state index is 11.9. The quantitative estimate of drug-likeness (QED) is 0.836. The van der Waals surface area contributed by atoms with Crippen molar-refractivity contribution in [3.05, 3.63) is 28.8 Å². The lowest BCUT2D eigenvalue weighted by Gasteiger charge is -2.25. The number of rotatable bonds is 4. The number of phenols is 1. The van der Waals surface area contributed by atoms with Crippen LogP contribution in [-0.2, 0) is 0 Å². The molecule has 5 heteroatoms. The Morgan fingerprint density at radius 2 is 2.18 bits per heavy atom. The molecule has 0 fully saturated rings. The van der Waals surface area contributed by atoms with Crippen molar-refractivity contribution in [3.63, 3.8) is 0 Å². The molecular weight excluding hydrogens is 305 g/mol. The Bertz CT molecular complexity index is 421. The Labute approximate surface area is 114 Å². The molecule has 0 unspecified atom stereocenters. The van der Waals surface area contributed by atoms with Crippen molar-refractivity contribution in [2.24, 2.45) is 0 Å². The lowest BCUT2D eigenvalue weighted by atomic mass is 10.0. The van der Waals surface area contributed by atoms with Crippen LogP contribution < -0.4 is 5.32 Å². The summed E-state index contributed by atoms with van der Waals surface area (Å²) in [6.07, 6.45) is 0.799. The third kappa shape index (κ3) is 4.21. The van der Waals surface area contributed by atoms with Gasteiger partial charge in [0.1, 0.15) is 5.75 Å². The van der Waals surface area contributed by atoms with E-state index in [0.29, 0.717) is 5.02 Å². The van der Waals surface area contributed by atoms with Crippen LogP contribution in [0.2, 0.25) is 5.02 Å². The summed E-state index contributed by atoms with van der Waals surface area (Å²) in [4.78, 5) is 11.9. The summed E-state index contributed by atoms with van der Waals surface area (Å²) < 4.78 is 0. The predicted molar refractivity (Wildman–Crippen MR) is 73.1 cm³/mol. The minimum atomic E-state index is -0.327. The van der Waals surface area contributed by atoms with Crippen LogP contribution in [0.15, 0.2) is 18.2 Å². The molecule has 1 rings (SSSR count). The largest absolute Gasteiger partial charge is 0.507 e. The first kappa shape index (κ1) is 14.3. The van der Waals surface area contributed by atoms with Gasteiger partial charge in [-0.15, -0.1) is 0 Å². The van der Waals surface area contributed by atoms with Gasteiger partial charge < -0.3 is 10.4 Å². The minimum absolute atomic E-state index is 0.107. The fourth-order valence-corrected chi connectivity index (χ4v) is 2.53. The number of amides is 1. The van der Waals surface area contributed by atoms with Crippen LogP contribution in [0.1, 0.15) is 30.6 Å². The molecule has 2 N–H and O–H groups in total. The average molecular weight is 321 g/mol. The van der Waals surface area contributed by atoms with E-state index >= 15 is 0 Å². The van der Waals surface area contributed by atoms with E-state index in [1.54, 1.807) is 6.07 Å². The van der Waals surface area contributed by atoms with Crippen LogP contribution in [0, 0.1) is 0 Å². The van der Waals surface area contributed by atoms with Gasteiger partial charge in [-0.25, -0.2) is 0 Å². The fraction of sp³-hybridized carbons (Fsp3) is 0.417. The highest BCUT2D eigenvalue weighted by atomic mass is 79.9. The second-order valence-electron chi connectivity index (χ2n) is 4.44. The average Bonchev–Trinajstić information content (AvgIpc) is 2.15. The molecule has 0 spiro atoms. The van der Waals surface area contributed by atoms with Crippen molar-refractivity contribution in [3.8, 4) is 5.75 Å². The van der Waals surface area contributed by atoms with E-state index in [9.17, 15) is 9.90 Å². The minimum Gasteiger partial charge on any atom is -0.507 e. The predicted octanol–water partition coefficient (Wildman–Crippen LogP) is 3.34. The number of halogens is 2. The van der Waals surface area contributed by atoms with Crippen molar-refractivity contribution < 1.29 is 9.90 Å². The van der Waals surface area contributed by atoms with E-state index in [0.717, 1.165) is 11.8 Å². The fourth-order valence-electron chi connectivity index (χ4n) is 1.37. The molecule has 0 heterocycles. The summed E-state index contributed by atoms with van der Waals surface area (Å²) in [5.74, 6) is -0.408. The third-order valence-electron chi connectivity index (χ3n) is 2.38. The van der Waals surface area contributed by atoms with Crippen LogP contribution in [0.5, 0.6) is 5.75 Å². The van der Waals surface area contributed by atoms with Gasteiger partial charge in [-0.1, -0.05) is 27.5 Å². The molecule has 0 atom stereocenters. The normalized spacial score (nSPS) is 11.3. The van der Waals surface area contributed by atoms with Gasteiger partial charge in [0.05, 0.1) is 5.56 Å². The van der Waals surface area contributed by atoms with Crippen LogP contribution in [0.25, 0.3) is 0 Å². The Morgan fingerprint density at radius 1 is 1.53 bits per heavy atom. The van der Waals surface area contributed by atoms with Crippen molar-refractivity contribution in [2.75, 3.05) is 5.33 Å². The molecule has 0 aliphatic rings. The van der Waals surface area contributed by atoms with E-state index in [2.05, 4.69) is 21.2 Å². The van der Waals surface area contributed by atoms with E-state index < -0.39 is 0 Å². The summed E-state index contributed by atoms with van der Waals surface area (Å²) in [6.45, 7) is 3.86. The highest BCUT2D eigenvalue weighted by Gasteiger charge is 2.21. The summed E-state index contributed by atoms with van der Waals surface area (Å²) >= 11 is 9.04. The Kier molecular flexibility index (Phi) is 4.83. The van der Waals surface area contributed by atoms with E-state index in [4.69, 9.17) is 11.6 Å². The summed E-state index contributed by atoms with van der Waals surface area (Å²) in [5.41, 5.74) is -0.0933. The smallest absolute Gasteiger partial charge is 0.255 e. The van der Waals surface area contributed by atoms with Crippen LogP contribution in [-0.4, -0.2) is 21.9 Å². The van der Waals surface area contributed by atoms with Crippen LogP contribution >= 0.6 is 27.5 Å². The van der Waals surface area contributed by atoms with Gasteiger partial charge >= 0.3 is 0 Å². The van der Waals surface area contributed by atoms with E-state index in [1.165, 1.54) is 12.1 Å². The highest BCUT2D eigenvalue weighted by Crippen LogP contribution is 2.22. The standard InChI is InChI=1S/C12H15BrClNO2/c1-12(2,5-6-13)15-11(17)9-4-3-8(14)7-10(9)16/h3-4,7,16H,5-6H2,1-2H3,(H,15,17). The summed E-state index contributed by atoms with van der Waals surface area (Å²) in [5, 5.41) is 13.7. The van der Waals surface area contributed by atoms with E-state index in [1.807, 2.05) is 13.8 Å². The topological polar surface area (TPSA) is 49.3 Å².